The van der Waals surface area contributed by atoms with Gasteiger partial charge in [0.1, 0.15) is 0 Å². The van der Waals surface area contributed by atoms with Crippen molar-refractivity contribution in [3.63, 3.8) is 0 Å². The van der Waals surface area contributed by atoms with Crippen LogP contribution in [0.2, 0.25) is 0 Å². The van der Waals surface area contributed by atoms with E-state index in [1.165, 1.54) is 0 Å². The van der Waals surface area contributed by atoms with Crippen LogP contribution in [0.15, 0.2) is 24.3 Å². The number of nitrogens with zero attached hydrogens (tertiary/aromatic N) is 1. The van der Waals surface area contributed by atoms with E-state index in [9.17, 15) is 4.79 Å². The Morgan fingerprint density at radius 3 is 2.68 bits per heavy atom. The second kappa shape index (κ2) is 6.84. The van der Waals surface area contributed by atoms with E-state index < -0.39 is 0 Å². The molecule has 6 nitrogen and oxygen atoms in total. The zero-order valence-corrected chi connectivity index (χ0v) is 11.0. The summed E-state index contributed by atoms with van der Waals surface area (Å²) in [5, 5.41) is 5.93. The average Bonchev–Trinajstić information content (AvgIpc) is 2.48. The molecule has 6 heteroatoms. The van der Waals surface area contributed by atoms with E-state index in [1.807, 2.05) is 18.2 Å². The van der Waals surface area contributed by atoms with Gasteiger partial charge in [0.25, 0.3) is 0 Å². The first kappa shape index (κ1) is 13.5. The van der Waals surface area contributed by atoms with Crippen LogP contribution in [0.5, 0.6) is 11.5 Å². The van der Waals surface area contributed by atoms with Crippen molar-refractivity contribution in [3.8, 4) is 11.5 Å². The molecular formula is C13H19N3O3. The smallest absolute Gasteiger partial charge is 0.320 e. The minimum absolute atomic E-state index is 0.101. The number of amides is 2. The van der Waals surface area contributed by atoms with E-state index >= 15 is 0 Å². The number of ether oxygens (including phenoxy) is 2. The van der Waals surface area contributed by atoms with Gasteiger partial charge in [0.15, 0.2) is 18.2 Å². The molecule has 2 amide bonds. The molecule has 1 aromatic carbocycles. The lowest BCUT2D eigenvalue weighted by atomic mass is 10.3. The minimum atomic E-state index is -0.101. The fraction of sp³-hybridized carbons (Fsp3) is 0.462. The third-order valence-electron chi connectivity index (χ3n) is 2.92. The Hall–Kier alpha value is -1.95. The zero-order chi connectivity index (χ0) is 13.5. The van der Waals surface area contributed by atoms with Crippen molar-refractivity contribution in [2.24, 2.45) is 0 Å². The predicted octanol–water partition coefficient (Wildman–Crippen LogP) is 0.646. The number of para-hydroxylation sites is 2. The lowest BCUT2D eigenvalue weighted by Gasteiger charge is -2.27. The molecule has 0 aliphatic carbocycles. The van der Waals surface area contributed by atoms with E-state index in [2.05, 4.69) is 10.6 Å². The Kier molecular flexibility index (Phi) is 4.85. The van der Waals surface area contributed by atoms with Crippen LogP contribution in [0.25, 0.3) is 0 Å². The Balaban J connectivity index is 1.78. The van der Waals surface area contributed by atoms with Crippen LogP contribution in [0.1, 0.15) is 0 Å². The van der Waals surface area contributed by atoms with Crippen molar-refractivity contribution in [2.75, 3.05) is 40.0 Å². The molecule has 0 bridgehead atoms. The van der Waals surface area contributed by atoms with E-state index in [0.717, 1.165) is 26.2 Å². The maximum Gasteiger partial charge on any atom is 0.320 e. The normalized spacial score (nSPS) is 14.9. The molecule has 19 heavy (non-hydrogen) atoms. The quantitative estimate of drug-likeness (QED) is 0.785. The lowest BCUT2D eigenvalue weighted by molar-refractivity contribution is 0.177. The van der Waals surface area contributed by atoms with Crippen LogP contribution in [0.3, 0.4) is 0 Å². The molecule has 2 N–H and O–H groups in total. The minimum Gasteiger partial charge on any atom is -0.493 e. The summed E-state index contributed by atoms with van der Waals surface area (Å²) in [6, 6.07) is 7.24. The van der Waals surface area contributed by atoms with Crippen molar-refractivity contribution >= 4 is 6.03 Å². The van der Waals surface area contributed by atoms with Gasteiger partial charge in [-0.2, -0.15) is 0 Å². The molecule has 1 saturated heterocycles. The molecule has 1 aromatic rings. The van der Waals surface area contributed by atoms with Gasteiger partial charge in [0.05, 0.1) is 7.11 Å². The van der Waals surface area contributed by atoms with Gasteiger partial charge in [-0.25, -0.2) is 4.79 Å². The number of methoxy groups -OCH3 is 1. The Morgan fingerprint density at radius 1 is 1.32 bits per heavy atom. The molecule has 2 rings (SSSR count). The van der Waals surface area contributed by atoms with Crippen LogP contribution in [-0.2, 0) is 0 Å². The van der Waals surface area contributed by atoms with Crippen LogP contribution in [0.4, 0.5) is 4.79 Å². The zero-order valence-electron chi connectivity index (χ0n) is 11.0. The first-order valence-corrected chi connectivity index (χ1v) is 6.30. The monoisotopic (exact) mass is 265 g/mol. The van der Waals surface area contributed by atoms with Gasteiger partial charge in [-0.15, -0.1) is 0 Å². The Bertz CT molecular complexity index is 419. The number of benzene rings is 1. The maximum atomic E-state index is 11.8. The highest BCUT2D eigenvalue weighted by Crippen LogP contribution is 2.25. The van der Waals surface area contributed by atoms with Crippen LogP contribution < -0.4 is 20.1 Å². The molecule has 1 fully saturated rings. The molecule has 0 spiro atoms. The molecule has 104 valence electrons. The van der Waals surface area contributed by atoms with Crippen LogP contribution >= 0.6 is 0 Å². The van der Waals surface area contributed by atoms with E-state index in [4.69, 9.17) is 9.47 Å². The van der Waals surface area contributed by atoms with E-state index in [0.29, 0.717) is 11.5 Å². The highest BCUT2D eigenvalue weighted by molar-refractivity contribution is 5.74. The standard InChI is InChI=1S/C13H19N3O3/c1-18-11-4-2-3-5-12(11)19-10-15-13(17)16-8-6-14-7-9-16/h2-5,14H,6-10H2,1H3,(H,15,17). The number of hydrogen-bond donors (Lipinski definition) is 2. The number of hydrogen-bond acceptors (Lipinski definition) is 4. The first-order chi connectivity index (χ1) is 9.31. The van der Waals surface area contributed by atoms with Gasteiger partial charge >= 0.3 is 6.03 Å². The summed E-state index contributed by atoms with van der Waals surface area (Å²) < 4.78 is 10.7. The van der Waals surface area contributed by atoms with Gasteiger partial charge in [0.2, 0.25) is 0 Å². The van der Waals surface area contributed by atoms with Crippen molar-refractivity contribution in [3.05, 3.63) is 24.3 Å². The maximum absolute atomic E-state index is 11.8. The average molecular weight is 265 g/mol. The van der Waals surface area contributed by atoms with Crippen LogP contribution in [0, 0.1) is 0 Å². The molecule has 0 saturated carbocycles. The van der Waals surface area contributed by atoms with Gasteiger partial charge in [-0.3, -0.25) is 0 Å². The molecule has 1 aliphatic rings. The number of piperazine rings is 1. The SMILES string of the molecule is COc1ccccc1OCNC(=O)N1CCNCC1. The lowest BCUT2D eigenvalue weighted by Crippen LogP contribution is -2.50. The largest absolute Gasteiger partial charge is 0.493 e. The number of carbonyl (C=O) groups excluding carboxylic acids is 1. The molecule has 1 aliphatic heterocycles. The highest BCUT2D eigenvalue weighted by atomic mass is 16.5. The van der Waals surface area contributed by atoms with E-state index in [1.54, 1.807) is 18.1 Å². The number of rotatable bonds is 4. The summed E-state index contributed by atoms with van der Waals surface area (Å²) in [7, 11) is 1.58. The van der Waals surface area contributed by atoms with Crippen molar-refractivity contribution in [2.45, 2.75) is 0 Å². The first-order valence-electron chi connectivity index (χ1n) is 6.30. The molecule has 1 heterocycles. The van der Waals surface area contributed by atoms with Crippen LogP contribution in [-0.4, -0.2) is 51.0 Å². The highest BCUT2D eigenvalue weighted by Gasteiger charge is 2.15. The fourth-order valence-electron chi connectivity index (χ4n) is 1.89. The van der Waals surface area contributed by atoms with Gasteiger partial charge in [0, 0.05) is 26.2 Å². The van der Waals surface area contributed by atoms with Crippen molar-refractivity contribution < 1.29 is 14.3 Å². The molecule has 0 aromatic heterocycles. The number of urea groups is 1. The summed E-state index contributed by atoms with van der Waals surface area (Å²) in [6.45, 7) is 3.24. The molecule has 0 atom stereocenters. The van der Waals surface area contributed by atoms with Gasteiger partial charge in [-0.1, -0.05) is 12.1 Å². The summed E-state index contributed by atoms with van der Waals surface area (Å²) in [4.78, 5) is 13.6. The van der Waals surface area contributed by atoms with Crippen molar-refractivity contribution in [1.82, 2.24) is 15.5 Å². The molecule has 0 unspecified atom stereocenters. The summed E-state index contributed by atoms with van der Waals surface area (Å²) in [6.07, 6.45) is 0. The third kappa shape index (κ3) is 3.75. The summed E-state index contributed by atoms with van der Waals surface area (Å²) >= 11 is 0. The topological polar surface area (TPSA) is 62.8 Å². The number of carbonyl (C=O) groups is 1. The van der Waals surface area contributed by atoms with Gasteiger partial charge < -0.3 is 25.0 Å². The summed E-state index contributed by atoms with van der Waals surface area (Å²) in [5.41, 5.74) is 0. The fourth-order valence-corrected chi connectivity index (χ4v) is 1.89. The van der Waals surface area contributed by atoms with Gasteiger partial charge in [-0.05, 0) is 12.1 Å². The third-order valence-corrected chi connectivity index (χ3v) is 2.92. The number of nitrogens with one attached hydrogen (secondary N) is 2. The second-order valence-corrected chi connectivity index (χ2v) is 4.16. The Labute approximate surface area is 112 Å². The predicted molar refractivity (Wildman–Crippen MR) is 71.5 cm³/mol. The Morgan fingerprint density at radius 2 is 2.00 bits per heavy atom. The van der Waals surface area contributed by atoms with E-state index in [-0.39, 0.29) is 12.8 Å². The summed E-state index contributed by atoms with van der Waals surface area (Å²) in [5.74, 6) is 1.27. The molecular weight excluding hydrogens is 246 g/mol. The van der Waals surface area contributed by atoms with Crippen molar-refractivity contribution in [1.29, 1.82) is 0 Å². The second-order valence-electron chi connectivity index (χ2n) is 4.16. The molecule has 0 radical (unpaired) electrons.